The summed E-state index contributed by atoms with van der Waals surface area (Å²) in [6, 6.07) is 0. The van der Waals surface area contributed by atoms with E-state index in [-0.39, 0.29) is 17.6 Å². The van der Waals surface area contributed by atoms with Gasteiger partial charge in [-0.05, 0) is 33.6 Å². The first-order valence-electron chi connectivity index (χ1n) is 5.59. The van der Waals surface area contributed by atoms with E-state index in [0.29, 0.717) is 32.5 Å². The van der Waals surface area contributed by atoms with Gasteiger partial charge in [0.2, 0.25) is 5.91 Å². The van der Waals surface area contributed by atoms with E-state index in [0.717, 1.165) is 0 Å². The molecule has 1 heterocycles. The molecule has 0 aromatic heterocycles. The van der Waals surface area contributed by atoms with Crippen LogP contribution < -0.4 is 5.32 Å². The number of aliphatic hydroxyl groups is 1. The molecule has 0 aromatic rings. The van der Waals surface area contributed by atoms with Gasteiger partial charge in [-0.2, -0.15) is 0 Å². The van der Waals surface area contributed by atoms with Gasteiger partial charge in [0.15, 0.2) is 0 Å². The zero-order valence-corrected chi connectivity index (χ0v) is 9.92. The number of likely N-dealkylation sites (tertiary alicyclic amines) is 1. The molecule has 0 aromatic carbocycles. The summed E-state index contributed by atoms with van der Waals surface area (Å²) in [6.07, 6.45) is 1.20. The van der Waals surface area contributed by atoms with Crippen molar-refractivity contribution in [3.8, 4) is 0 Å². The second-order valence-electron chi connectivity index (χ2n) is 5.22. The lowest BCUT2D eigenvalue weighted by molar-refractivity contribution is -0.132. The normalized spacial score (nSPS) is 19.3. The molecule has 0 radical (unpaired) electrons. The third kappa shape index (κ3) is 4.62. The Labute approximate surface area is 91.6 Å². The highest BCUT2D eigenvalue weighted by molar-refractivity contribution is 5.78. The molecule has 0 atom stereocenters. The van der Waals surface area contributed by atoms with E-state index in [2.05, 4.69) is 5.32 Å². The zero-order chi connectivity index (χ0) is 11.5. The Morgan fingerprint density at radius 2 is 1.93 bits per heavy atom. The van der Waals surface area contributed by atoms with Gasteiger partial charge >= 0.3 is 0 Å². The van der Waals surface area contributed by atoms with Crippen LogP contribution in [0.2, 0.25) is 0 Å². The van der Waals surface area contributed by atoms with Crippen LogP contribution in [0.15, 0.2) is 0 Å². The molecule has 1 aliphatic heterocycles. The fourth-order valence-electron chi connectivity index (χ4n) is 1.57. The summed E-state index contributed by atoms with van der Waals surface area (Å²) < 4.78 is 0. The van der Waals surface area contributed by atoms with Gasteiger partial charge in [0, 0.05) is 18.6 Å². The van der Waals surface area contributed by atoms with Gasteiger partial charge in [-0.1, -0.05) is 0 Å². The van der Waals surface area contributed by atoms with Crippen LogP contribution in [0.3, 0.4) is 0 Å². The SMILES string of the molecule is CC(C)(C)NCC(=O)N1CCC(O)CC1. The van der Waals surface area contributed by atoms with E-state index in [1.807, 2.05) is 25.7 Å². The number of nitrogens with one attached hydrogen (secondary N) is 1. The molecule has 2 N–H and O–H groups in total. The average Bonchev–Trinajstić information content (AvgIpc) is 2.14. The van der Waals surface area contributed by atoms with Crippen molar-refractivity contribution in [3.63, 3.8) is 0 Å². The quantitative estimate of drug-likeness (QED) is 0.698. The first-order chi connectivity index (χ1) is 6.88. The van der Waals surface area contributed by atoms with Gasteiger partial charge in [-0.15, -0.1) is 0 Å². The number of carbonyl (C=O) groups excluding carboxylic acids is 1. The van der Waals surface area contributed by atoms with Crippen molar-refractivity contribution in [2.45, 2.75) is 45.3 Å². The van der Waals surface area contributed by atoms with Crippen molar-refractivity contribution in [2.24, 2.45) is 0 Å². The van der Waals surface area contributed by atoms with Crippen LogP contribution in [0.4, 0.5) is 0 Å². The van der Waals surface area contributed by atoms with E-state index in [1.54, 1.807) is 0 Å². The van der Waals surface area contributed by atoms with Crippen LogP contribution in [0.5, 0.6) is 0 Å². The summed E-state index contributed by atoms with van der Waals surface area (Å²) >= 11 is 0. The minimum atomic E-state index is -0.218. The fourth-order valence-corrected chi connectivity index (χ4v) is 1.57. The summed E-state index contributed by atoms with van der Waals surface area (Å²) in [6.45, 7) is 7.89. The van der Waals surface area contributed by atoms with E-state index in [1.165, 1.54) is 0 Å². The van der Waals surface area contributed by atoms with Crippen LogP contribution in [0.1, 0.15) is 33.6 Å². The van der Waals surface area contributed by atoms with Crippen LogP contribution in [-0.4, -0.2) is 47.2 Å². The lowest BCUT2D eigenvalue weighted by atomic mass is 10.1. The Morgan fingerprint density at radius 3 is 2.40 bits per heavy atom. The lowest BCUT2D eigenvalue weighted by Crippen LogP contribution is -2.47. The highest BCUT2D eigenvalue weighted by Gasteiger charge is 2.21. The molecule has 0 unspecified atom stereocenters. The highest BCUT2D eigenvalue weighted by Crippen LogP contribution is 2.09. The third-order valence-corrected chi connectivity index (χ3v) is 2.59. The minimum absolute atomic E-state index is 0.0229. The van der Waals surface area contributed by atoms with Gasteiger partial charge in [0.1, 0.15) is 0 Å². The topological polar surface area (TPSA) is 52.6 Å². The third-order valence-electron chi connectivity index (χ3n) is 2.59. The number of piperidine rings is 1. The van der Waals surface area contributed by atoms with Crippen molar-refractivity contribution in [3.05, 3.63) is 0 Å². The number of hydrogen-bond acceptors (Lipinski definition) is 3. The maximum absolute atomic E-state index is 11.7. The number of aliphatic hydroxyl groups excluding tert-OH is 1. The smallest absolute Gasteiger partial charge is 0.236 e. The molecule has 0 saturated carbocycles. The van der Waals surface area contributed by atoms with E-state index < -0.39 is 0 Å². The minimum Gasteiger partial charge on any atom is -0.393 e. The molecular formula is C11H22N2O2. The predicted molar refractivity (Wildman–Crippen MR) is 59.6 cm³/mol. The highest BCUT2D eigenvalue weighted by atomic mass is 16.3. The van der Waals surface area contributed by atoms with Crippen molar-refractivity contribution in [1.29, 1.82) is 0 Å². The summed E-state index contributed by atoms with van der Waals surface area (Å²) in [4.78, 5) is 13.6. The van der Waals surface area contributed by atoms with Crippen LogP contribution in [-0.2, 0) is 4.79 Å². The summed E-state index contributed by atoms with van der Waals surface area (Å²) in [5.41, 5.74) is -0.0229. The molecule has 1 rings (SSSR count). The van der Waals surface area contributed by atoms with Gasteiger partial charge in [-0.3, -0.25) is 4.79 Å². The molecule has 1 amide bonds. The summed E-state index contributed by atoms with van der Waals surface area (Å²) in [5, 5.41) is 12.5. The molecule has 4 nitrogen and oxygen atoms in total. The Bertz CT molecular complexity index is 215. The number of nitrogens with zero attached hydrogens (tertiary/aromatic N) is 1. The number of hydrogen-bond donors (Lipinski definition) is 2. The maximum Gasteiger partial charge on any atom is 0.236 e. The first kappa shape index (κ1) is 12.5. The molecule has 88 valence electrons. The van der Waals surface area contributed by atoms with Crippen LogP contribution in [0.25, 0.3) is 0 Å². The number of rotatable bonds is 2. The first-order valence-corrected chi connectivity index (χ1v) is 5.59. The molecule has 0 spiro atoms. The van der Waals surface area contributed by atoms with Crippen molar-refractivity contribution >= 4 is 5.91 Å². The molecular weight excluding hydrogens is 192 g/mol. The molecule has 0 aliphatic carbocycles. The second kappa shape index (κ2) is 4.94. The van der Waals surface area contributed by atoms with Crippen molar-refractivity contribution in [2.75, 3.05) is 19.6 Å². The van der Waals surface area contributed by atoms with Crippen molar-refractivity contribution in [1.82, 2.24) is 10.2 Å². The maximum atomic E-state index is 11.7. The molecule has 15 heavy (non-hydrogen) atoms. The van der Waals surface area contributed by atoms with Gasteiger partial charge in [0.05, 0.1) is 12.6 Å². The van der Waals surface area contributed by atoms with Gasteiger partial charge in [-0.25, -0.2) is 0 Å². The van der Waals surface area contributed by atoms with Gasteiger partial charge < -0.3 is 15.3 Å². The number of carbonyl (C=O) groups is 1. The van der Waals surface area contributed by atoms with E-state index in [9.17, 15) is 9.90 Å². The largest absolute Gasteiger partial charge is 0.393 e. The van der Waals surface area contributed by atoms with Gasteiger partial charge in [0.25, 0.3) is 0 Å². The van der Waals surface area contributed by atoms with E-state index in [4.69, 9.17) is 0 Å². The molecule has 1 fully saturated rings. The lowest BCUT2D eigenvalue weighted by Gasteiger charge is -2.31. The molecule has 1 aliphatic rings. The summed E-state index contributed by atoms with van der Waals surface area (Å²) in [7, 11) is 0. The number of amides is 1. The Hall–Kier alpha value is -0.610. The summed E-state index contributed by atoms with van der Waals surface area (Å²) in [5.74, 6) is 0.136. The Kier molecular flexibility index (Phi) is 4.11. The fraction of sp³-hybridized carbons (Fsp3) is 0.909. The Balaban J connectivity index is 2.29. The second-order valence-corrected chi connectivity index (χ2v) is 5.22. The standard InChI is InChI=1S/C11H22N2O2/c1-11(2,3)12-8-10(15)13-6-4-9(14)5-7-13/h9,12,14H,4-8H2,1-3H3. The van der Waals surface area contributed by atoms with Crippen LogP contribution >= 0.6 is 0 Å². The zero-order valence-electron chi connectivity index (χ0n) is 9.92. The van der Waals surface area contributed by atoms with Crippen LogP contribution in [0, 0.1) is 0 Å². The van der Waals surface area contributed by atoms with Crippen molar-refractivity contribution < 1.29 is 9.90 Å². The molecule has 4 heteroatoms. The predicted octanol–water partition coefficient (Wildman–Crippen LogP) is 0.358. The van der Waals surface area contributed by atoms with E-state index >= 15 is 0 Å². The monoisotopic (exact) mass is 214 g/mol. The molecule has 1 saturated heterocycles. The average molecular weight is 214 g/mol. The Morgan fingerprint density at radius 1 is 1.40 bits per heavy atom. The molecule has 0 bridgehead atoms.